The molecular formula is C12H10O4S. The van der Waals surface area contributed by atoms with Gasteiger partial charge < -0.3 is 14.9 Å². The Bertz CT molecular complexity index is 546. The Morgan fingerprint density at radius 3 is 2.71 bits per heavy atom. The number of carboxylic acids is 1. The van der Waals surface area contributed by atoms with Crippen LogP contribution < -0.4 is 4.74 Å². The Hall–Kier alpha value is -2.01. The van der Waals surface area contributed by atoms with Crippen molar-refractivity contribution >= 4 is 17.3 Å². The second kappa shape index (κ2) is 4.47. The van der Waals surface area contributed by atoms with E-state index in [4.69, 9.17) is 9.84 Å². The van der Waals surface area contributed by atoms with Crippen LogP contribution in [0.5, 0.6) is 11.5 Å². The maximum atomic E-state index is 11.0. The van der Waals surface area contributed by atoms with Crippen LogP contribution in [-0.4, -0.2) is 23.3 Å². The summed E-state index contributed by atoms with van der Waals surface area (Å²) in [6.07, 6.45) is 0. The summed E-state index contributed by atoms with van der Waals surface area (Å²) < 4.78 is 4.96. The van der Waals surface area contributed by atoms with Crippen LogP contribution in [0.2, 0.25) is 0 Å². The number of aromatic carboxylic acids is 1. The number of carboxylic acid groups (broad SMARTS) is 1. The summed E-state index contributed by atoms with van der Waals surface area (Å²) in [6.45, 7) is 0. The van der Waals surface area contributed by atoms with Gasteiger partial charge in [0.25, 0.3) is 0 Å². The zero-order chi connectivity index (χ0) is 12.4. The molecule has 0 saturated carbocycles. The van der Waals surface area contributed by atoms with Gasteiger partial charge in [0.15, 0.2) is 11.5 Å². The molecule has 0 unspecified atom stereocenters. The van der Waals surface area contributed by atoms with Crippen molar-refractivity contribution in [2.45, 2.75) is 0 Å². The van der Waals surface area contributed by atoms with Gasteiger partial charge in [-0.1, -0.05) is 0 Å². The van der Waals surface area contributed by atoms with E-state index in [1.807, 2.05) is 16.8 Å². The molecule has 2 rings (SSSR count). The second-order valence-electron chi connectivity index (χ2n) is 3.39. The molecule has 0 radical (unpaired) electrons. The lowest BCUT2D eigenvalue weighted by molar-refractivity contribution is 0.0696. The van der Waals surface area contributed by atoms with E-state index in [1.165, 1.54) is 30.6 Å². The Labute approximate surface area is 102 Å². The lowest BCUT2D eigenvalue weighted by Gasteiger charge is -2.09. The third-order valence-electron chi connectivity index (χ3n) is 2.37. The summed E-state index contributed by atoms with van der Waals surface area (Å²) in [5.41, 5.74) is 1.32. The normalized spacial score (nSPS) is 10.2. The number of aromatic hydroxyl groups is 1. The Balaban J connectivity index is 2.65. The standard InChI is InChI=1S/C12H10O4S/c1-16-10-5-8(12(14)15)4-9(11(10)13)7-2-3-17-6-7/h2-6,13H,1H3,(H,14,15). The fourth-order valence-electron chi connectivity index (χ4n) is 1.52. The molecule has 4 nitrogen and oxygen atoms in total. The minimum atomic E-state index is -1.06. The Kier molecular flexibility index (Phi) is 3.01. The van der Waals surface area contributed by atoms with Crippen molar-refractivity contribution < 1.29 is 19.7 Å². The fourth-order valence-corrected chi connectivity index (χ4v) is 2.18. The van der Waals surface area contributed by atoms with Crippen molar-refractivity contribution in [2.75, 3.05) is 7.11 Å². The highest BCUT2D eigenvalue weighted by atomic mass is 32.1. The van der Waals surface area contributed by atoms with Gasteiger partial charge in [-0.15, -0.1) is 0 Å². The van der Waals surface area contributed by atoms with Crippen molar-refractivity contribution in [3.63, 3.8) is 0 Å². The van der Waals surface area contributed by atoms with Crippen molar-refractivity contribution in [1.29, 1.82) is 0 Å². The number of phenols is 1. The zero-order valence-corrected chi connectivity index (χ0v) is 9.82. The van der Waals surface area contributed by atoms with Crippen LogP contribution in [0.1, 0.15) is 10.4 Å². The maximum Gasteiger partial charge on any atom is 0.335 e. The molecule has 2 N–H and O–H groups in total. The molecule has 88 valence electrons. The first-order valence-electron chi connectivity index (χ1n) is 4.80. The fraction of sp³-hybridized carbons (Fsp3) is 0.0833. The largest absolute Gasteiger partial charge is 0.504 e. The van der Waals surface area contributed by atoms with Crippen LogP contribution >= 0.6 is 11.3 Å². The molecule has 0 amide bonds. The van der Waals surface area contributed by atoms with E-state index < -0.39 is 5.97 Å². The van der Waals surface area contributed by atoms with Crippen LogP contribution in [0.3, 0.4) is 0 Å². The predicted molar refractivity (Wildman–Crippen MR) is 64.9 cm³/mol. The number of benzene rings is 1. The number of phenolic OH excluding ortho intramolecular Hbond substituents is 1. The van der Waals surface area contributed by atoms with Gasteiger partial charge in [0.2, 0.25) is 0 Å². The van der Waals surface area contributed by atoms with Gasteiger partial charge in [-0.3, -0.25) is 0 Å². The number of rotatable bonds is 3. The van der Waals surface area contributed by atoms with Crippen molar-refractivity contribution in [2.24, 2.45) is 0 Å². The van der Waals surface area contributed by atoms with Crippen LogP contribution in [0.15, 0.2) is 29.0 Å². The molecule has 1 heterocycles. The Morgan fingerprint density at radius 2 is 2.18 bits per heavy atom. The Morgan fingerprint density at radius 1 is 1.41 bits per heavy atom. The number of thiophene rings is 1. The smallest absolute Gasteiger partial charge is 0.335 e. The SMILES string of the molecule is COc1cc(C(=O)O)cc(-c2ccsc2)c1O. The van der Waals surface area contributed by atoms with E-state index in [-0.39, 0.29) is 17.1 Å². The van der Waals surface area contributed by atoms with Crippen molar-refractivity contribution in [1.82, 2.24) is 0 Å². The average molecular weight is 250 g/mol. The van der Waals surface area contributed by atoms with E-state index >= 15 is 0 Å². The predicted octanol–water partition coefficient (Wildman–Crippen LogP) is 2.83. The molecule has 17 heavy (non-hydrogen) atoms. The van der Waals surface area contributed by atoms with Crippen LogP contribution in [0, 0.1) is 0 Å². The second-order valence-corrected chi connectivity index (χ2v) is 4.17. The highest BCUT2D eigenvalue weighted by molar-refractivity contribution is 7.08. The highest BCUT2D eigenvalue weighted by Crippen LogP contribution is 2.39. The summed E-state index contributed by atoms with van der Waals surface area (Å²) in [4.78, 5) is 11.0. The molecule has 0 atom stereocenters. The molecule has 0 spiro atoms. The van der Waals surface area contributed by atoms with Crippen LogP contribution in [0.4, 0.5) is 0 Å². The van der Waals surface area contributed by atoms with Gasteiger partial charge in [-0.2, -0.15) is 11.3 Å². The van der Waals surface area contributed by atoms with Gasteiger partial charge in [0.1, 0.15) is 0 Å². The monoisotopic (exact) mass is 250 g/mol. The third kappa shape index (κ3) is 2.09. The van der Waals surface area contributed by atoms with Gasteiger partial charge >= 0.3 is 5.97 Å². The van der Waals surface area contributed by atoms with Gasteiger partial charge in [-0.05, 0) is 34.5 Å². The molecule has 0 fully saturated rings. The first-order chi connectivity index (χ1) is 8.13. The van der Waals surface area contributed by atoms with Crippen LogP contribution in [-0.2, 0) is 0 Å². The van der Waals surface area contributed by atoms with Crippen molar-refractivity contribution in [3.8, 4) is 22.6 Å². The van der Waals surface area contributed by atoms with Gasteiger partial charge in [0, 0.05) is 5.56 Å². The van der Waals surface area contributed by atoms with Gasteiger partial charge in [0.05, 0.1) is 12.7 Å². The van der Waals surface area contributed by atoms with Gasteiger partial charge in [-0.25, -0.2) is 4.79 Å². The minimum Gasteiger partial charge on any atom is -0.504 e. The average Bonchev–Trinajstić information content (AvgIpc) is 2.82. The molecule has 0 aliphatic carbocycles. The summed E-state index contributed by atoms with van der Waals surface area (Å²) in [6, 6.07) is 4.54. The number of hydrogen-bond acceptors (Lipinski definition) is 4. The molecule has 0 bridgehead atoms. The summed E-state index contributed by atoms with van der Waals surface area (Å²) in [5, 5.41) is 22.6. The summed E-state index contributed by atoms with van der Waals surface area (Å²) >= 11 is 1.47. The third-order valence-corrected chi connectivity index (χ3v) is 3.06. The highest BCUT2D eigenvalue weighted by Gasteiger charge is 2.15. The lowest BCUT2D eigenvalue weighted by Crippen LogP contribution is -1.98. The minimum absolute atomic E-state index is 0.0455. The molecule has 1 aromatic carbocycles. The molecule has 2 aromatic rings. The summed E-state index contributed by atoms with van der Waals surface area (Å²) in [5.74, 6) is -0.943. The number of ether oxygens (including phenoxy) is 1. The summed E-state index contributed by atoms with van der Waals surface area (Å²) in [7, 11) is 1.39. The van der Waals surface area contributed by atoms with E-state index in [1.54, 1.807) is 0 Å². The van der Waals surface area contributed by atoms with Crippen LogP contribution in [0.25, 0.3) is 11.1 Å². The quantitative estimate of drug-likeness (QED) is 0.879. The molecule has 5 heteroatoms. The topological polar surface area (TPSA) is 66.8 Å². The van der Waals surface area contributed by atoms with E-state index in [2.05, 4.69) is 0 Å². The van der Waals surface area contributed by atoms with E-state index in [0.717, 1.165) is 5.56 Å². The first-order valence-corrected chi connectivity index (χ1v) is 5.74. The number of hydrogen-bond donors (Lipinski definition) is 2. The molecule has 0 aliphatic heterocycles. The molecular weight excluding hydrogens is 240 g/mol. The lowest BCUT2D eigenvalue weighted by atomic mass is 10.0. The number of carbonyl (C=O) groups is 1. The van der Waals surface area contributed by atoms with E-state index in [9.17, 15) is 9.90 Å². The molecule has 0 aliphatic rings. The molecule has 0 saturated heterocycles. The first kappa shape index (κ1) is 11.5. The number of methoxy groups -OCH3 is 1. The molecule has 1 aromatic heterocycles. The zero-order valence-electron chi connectivity index (χ0n) is 9.01. The maximum absolute atomic E-state index is 11.0. The van der Waals surface area contributed by atoms with E-state index in [0.29, 0.717) is 5.56 Å². The van der Waals surface area contributed by atoms with Crippen molar-refractivity contribution in [3.05, 3.63) is 34.5 Å².